The van der Waals surface area contributed by atoms with Crippen LogP contribution in [0, 0.1) is 5.92 Å². The Morgan fingerprint density at radius 2 is 1.63 bits per heavy atom. The summed E-state index contributed by atoms with van der Waals surface area (Å²) < 4.78 is 0. The van der Waals surface area contributed by atoms with Crippen molar-refractivity contribution in [2.24, 2.45) is 10.9 Å². The van der Waals surface area contributed by atoms with Gasteiger partial charge in [0.25, 0.3) is 0 Å². The van der Waals surface area contributed by atoms with Crippen LogP contribution in [-0.2, 0) is 0 Å². The molecule has 0 amide bonds. The number of hydrogen-bond acceptors (Lipinski definition) is 4. The first-order chi connectivity index (χ1) is 13.1. The highest BCUT2D eigenvalue weighted by atomic mass is 14.7. The van der Waals surface area contributed by atoms with Crippen LogP contribution in [0.4, 0.5) is 17.1 Å². The number of benzene rings is 2. The maximum absolute atomic E-state index is 6.30. The van der Waals surface area contributed by atoms with Crippen molar-refractivity contribution in [1.29, 1.82) is 0 Å². The number of allylic oxidation sites excluding steroid dienone is 1. The van der Waals surface area contributed by atoms with Gasteiger partial charge in [-0.3, -0.25) is 4.99 Å². The molecule has 0 spiro atoms. The van der Waals surface area contributed by atoms with Gasteiger partial charge in [0.15, 0.2) is 0 Å². The zero-order chi connectivity index (χ0) is 19.2. The molecule has 0 atom stereocenters. The molecule has 0 unspecified atom stereocenters. The van der Waals surface area contributed by atoms with Crippen molar-refractivity contribution in [3.05, 3.63) is 48.0 Å². The quantitative estimate of drug-likeness (QED) is 0.490. The van der Waals surface area contributed by atoms with Crippen LogP contribution in [0.3, 0.4) is 0 Å². The summed E-state index contributed by atoms with van der Waals surface area (Å²) in [5, 5.41) is 0. The number of aliphatic imine (C=N–C) groups is 1. The molecule has 3 rings (SSSR count). The highest BCUT2D eigenvalue weighted by molar-refractivity contribution is 5.89. The smallest absolute Gasteiger partial charge is 0.0633 e. The van der Waals surface area contributed by atoms with Crippen molar-refractivity contribution in [1.82, 2.24) is 0 Å². The van der Waals surface area contributed by atoms with Crippen LogP contribution < -0.4 is 17.2 Å². The minimum atomic E-state index is 0.485. The summed E-state index contributed by atoms with van der Waals surface area (Å²) in [4.78, 5) is 4.17. The molecule has 27 heavy (non-hydrogen) atoms. The first kappa shape index (κ1) is 19.0. The van der Waals surface area contributed by atoms with E-state index in [1.807, 2.05) is 36.4 Å². The van der Waals surface area contributed by atoms with Crippen molar-refractivity contribution in [2.75, 3.05) is 17.2 Å². The van der Waals surface area contributed by atoms with Gasteiger partial charge in [-0.2, -0.15) is 0 Å². The van der Waals surface area contributed by atoms with E-state index in [0.29, 0.717) is 17.4 Å². The van der Waals surface area contributed by atoms with Gasteiger partial charge in [0, 0.05) is 17.3 Å². The van der Waals surface area contributed by atoms with Gasteiger partial charge in [-0.15, -0.1) is 0 Å². The van der Waals surface area contributed by atoms with Crippen molar-refractivity contribution in [2.45, 2.75) is 44.6 Å². The fourth-order valence-electron chi connectivity index (χ4n) is 3.87. The Morgan fingerprint density at radius 3 is 2.30 bits per heavy atom. The summed E-state index contributed by atoms with van der Waals surface area (Å²) in [6, 6.07) is 12.2. The average molecular weight is 363 g/mol. The van der Waals surface area contributed by atoms with Crippen LogP contribution in [0.5, 0.6) is 0 Å². The lowest BCUT2D eigenvalue weighted by molar-refractivity contribution is 0.314. The molecule has 6 N–H and O–H groups in total. The monoisotopic (exact) mass is 362 g/mol. The molecule has 2 aromatic rings. The van der Waals surface area contributed by atoms with Gasteiger partial charge in [-0.1, -0.05) is 36.4 Å². The van der Waals surface area contributed by atoms with Gasteiger partial charge < -0.3 is 17.2 Å². The minimum absolute atomic E-state index is 0.485. The molecule has 0 bridgehead atoms. The third-order valence-electron chi connectivity index (χ3n) is 5.66. The molecule has 1 aliphatic rings. The molecule has 0 aromatic heterocycles. The van der Waals surface area contributed by atoms with E-state index in [1.165, 1.54) is 32.1 Å². The zero-order valence-corrected chi connectivity index (χ0v) is 15.9. The molecule has 0 aliphatic heterocycles. The Morgan fingerprint density at radius 1 is 0.926 bits per heavy atom. The molecule has 4 heteroatoms. The summed E-state index contributed by atoms with van der Waals surface area (Å²) in [5.41, 5.74) is 23.3. The van der Waals surface area contributed by atoms with Crippen molar-refractivity contribution < 1.29 is 0 Å². The van der Waals surface area contributed by atoms with Crippen molar-refractivity contribution >= 4 is 29.9 Å². The van der Waals surface area contributed by atoms with E-state index in [2.05, 4.69) is 23.9 Å². The summed E-state index contributed by atoms with van der Waals surface area (Å²) in [6.45, 7) is 3.67. The first-order valence-corrected chi connectivity index (χ1v) is 9.74. The molecule has 0 radical (unpaired) electrons. The second-order valence-corrected chi connectivity index (χ2v) is 7.49. The molecule has 0 saturated heterocycles. The van der Waals surface area contributed by atoms with Crippen LogP contribution in [0.15, 0.2) is 47.5 Å². The molecule has 2 aromatic carbocycles. The molecule has 1 saturated carbocycles. The van der Waals surface area contributed by atoms with Crippen LogP contribution in [0.1, 0.15) is 44.1 Å². The van der Waals surface area contributed by atoms with Crippen LogP contribution in [0.25, 0.3) is 17.2 Å². The van der Waals surface area contributed by atoms with E-state index in [9.17, 15) is 0 Å². The van der Waals surface area contributed by atoms with Gasteiger partial charge in [-0.05, 0) is 74.4 Å². The van der Waals surface area contributed by atoms with E-state index in [0.717, 1.165) is 34.7 Å². The number of nitrogen functional groups attached to an aromatic ring is 3. The molecule has 4 nitrogen and oxygen atoms in total. The van der Waals surface area contributed by atoms with Gasteiger partial charge in [-0.25, -0.2) is 0 Å². The van der Waals surface area contributed by atoms with E-state index in [4.69, 9.17) is 17.2 Å². The number of hydrogen-bond donors (Lipinski definition) is 3. The number of nitrogens with zero attached hydrogens (tertiary/aromatic N) is 1. The van der Waals surface area contributed by atoms with Gasteiger partial charge in [0.2, 0.25) is 0 Å². The number of rotatable bonds is 6. The maximum atomic E-state index is 6.30. The highest BCUT2D eigenvalue weighted by Crippen LogP contribution is 2.34. The molecule has 0 heterocycles. The Bertz CT molecular complexity index is 800. The van der Waals surface area contributed by atoms with Gasteiger partial charge >= 0.3 is 0 Å². The fraction of sp³-hybridized carbons (Fsp3) is 0.348. The van der Waals surface area contributed by atoms with Crippen LogP contribution >= 0.6 is 0 Å². The zero-order valence-electron chi connectivity index (χ0n) is 15.9. The molecular formula is C23H30N4. The summed E-state index contributed by atoms with van der Waals surface area (Å²) in [7, 11) is 0. The van der Waals surface area contributed by atoms with E-state index < -0.39 is 0 Å². The lowest BCUT2D eigenvalue weighted by atomic mass is 9.83. The minimum Gasteiger partial charge on any atom is -0.399 e. The molecule has 1 fully saturated rings. The Hall–Kier alpha value is -2.75. The Balaban J connectivity index is 1.60. The third-order valence-corrected chi connectivity index (χ3v) is 5.66. The lowest BCUT2D eigenvalue weighted by Crippen LogP contribution is -2.16. The maximum Gasteiger partial charge on any atom is 0.0633 e. The average Bonchev–Trinajstić information content (AvgIpc) is 2.70. The predicted octanol–water partition coefficient (Wildman–Crippen LogP) is 5.15. The summed E-state index contributed by atoms with van der Waals surface area (Å²) in [5.74, 6) is 0.808. The molecule has 142 valence electrons. The second-order valence-electron chi connectivity index (χ2n) is 7.49. The predicted molar refractivity (Wildman–Crippen MR) is 119 cm³/mol. The van der Waals surface area contributed by atoms with E-state index in [-0.39, 0.29) is 0 Å². The topological polar surface area (TPSA) is 90.4 Å². The van der Waals surface area contributed by atoms with Crippen LogP contribution in [0.2, 0.25) is 0 Å². The third kappa shape index (κ3) is 4.70. The fourth-order valence-corrected chi connectivity index (χ4v) is 3.87. The van der Waals surface area contributed by atoms with Crippen LogP contribution in [-0.4, -0.2) is 12.8 Å². The van der Waals surface area contributed by atoms with Gasteiger partial charge in [0.1, 0.15) is 0 Å². The largest absolute Gasteiger partial charge is 0.399 e. The van der Waals surface area contributed by atoms with Crippen molar-refractivity contribution in [3.63, 3.8) is 0 Å². The van der Waals surface area contributed by atoms with Gasteiger partial charge in [0.05, 0.1) is 11.4 Å². The van der Waals surface area contributed by atoms with E-state index in [1.54, 1.807) is 0 Å². The normalized spacial score (nSPS) is 20.0. The lowest BCUT2D eigenvalue weighted by Gasteiger charge is -2.25. The molecular weight excluding hydrogens is 332 g/mol. The van der Waals surface area contributed by atoms with E-state index >= 15 is 0 Å². The van der Waals surface area contributed by atoms with Crippen molar-refractivity contribution in [3.8, 4) is 11.1 Å². The second kappa shape index (κ2) is 8.76. The number of anilines is 3. The summed E-state index contributed by atoms with van der Waals surface area (Å²) in [6.07, 6.45) is 11.5. The Labute approximate surface area is 162 Å². The standard InChI is InChI=1S/C23H30N4/c1-27-20-13-6-16(7-14-20)4-2-3-5-18-10-15-21(23(26)22(18)25)17-8-11-19(24)12-9-17/h3,5,8-12,15-16,20H,1-2,4,6-7,13-14,24-26H2/b5-3+. The molecule has 1 aliphatic carbocycles. The number of nitrogens with two attached hydrogens (primary N) is 3. The summed E-state index contributed by atoms with van der Waals surface area (Å²) >= 11 is 0. The highest BCUT2D eigenvalue weighted by Gasteiger charge is 2.19. The SMILES string of the molecule is C=NC1CCC(CC/C=C/c2ccc(-c3ccc(N)cc3)c(N)c2N)CC1. The Kier molecular flexibility index (Phi) is 6.17. The first-order valence-electron chi connectivity index (χ1n) is 9.74.